The van der Waals surface area contributed by atoms with Crippen LogP contribution in [-0.2, 0) is 37.2 Å². The fourth-order valence-corrected chi connectivity index (χ4v) is 7.13. The van der Waals surface area contributed by atoms with E-state index in [9.17, 15) is 28.1 Å². The summed E-state index contributed by atoms with van der Waals surface area (Å²) >= 11 is 3.26. The molecule has 220 valence electrons. The Bertz CT molecular complexity index is 1680. The third-order valence-electron chi connectivity index (χ3n) is 6.78. The lowest BCUT2D eigenvalue weighted by Crippen LogP contribution is -2.55. The highest BCUT2D eigenvalue weighted by atomic mass is 79.9. The van der Waals surface area contributed by atoms with Crippen LogP contribution in [0.1, 0.15) is 11.1 Å². The zero-order valence-electron chi connectivity index (χ0n) is 22.6. The van der Waals surface area contributed by atoms with Gasteiger partial charge in [0.15, 0.2) is 4.90 Å². The number of amides is 1. The van der Waals surface area contributed by atoms with Crippen molar-refractivity contribution in [1.29, 1.82) is 0 Å². The van der Waals surface area contributed by atoms with Crippen molar-refractivity contribution >= 4 is 54.4 Å². The molecule has 13 heteroatoms. The van der Waals surface area contributed by atoms with Crippen molar-refractivity contribution in [3.8, 4) is 0 Å². The summed E-state index contributed by atoms with van der Waals surface area (Å²) in [7, 11) is -3.36. The Morgan fingerprint density at radius 2 is 1.69 bits per heavy atom. The van der Waals surface area contributed by atoms with Crippen molar-refractivity contribution in [1.82, 2.24) is 14.6 Å². The highest BCUT2D eigenvalue weighted by Gasteiger charge is 2.40. The predicted molar refractivity (Wildman–Crippen MR) is 161 cm³/mol. The molecular formula is C29H29BrN4O7S. The van der Waals surface area contributed by atoms with Crippen LogP contribution in [0.25, 0.3) is 10.9 Å². The zero-order chi connectivity index (χ0) is 30.3. The highest BCUT2D eigenvalue weighted by molar-refractivity contribution is 9.09. The molecule has 0 aliphatic carbocycles. The second-order valence-electron chi connectivity index (χ2n) is 9.38. The number of nitrogens with zero attached hydrogens (tertiary/aromatic N) is 2. The molecule has 1 aromatic heterocycles. The first-order chi connectivity index (χ1) is 20.2. The maximum atomic E-state index is 14.0. The first-order valence-corrected chi connectivity index (χ1v) is 15.5. The first-order valence-electron chi connectivity index (χ1n) is 13.0. The molecule has 2 atom stereocenters. The van der Waals surface area contributed by atoms with Crippen LogP contribution in [0.3, 0.4) is 0 Å². The van der Waals surface area contributed by atoms with Crippen LogP contribution in [0, 0.1) is 10.1 Å². The Balaban J connectivity index is 1.74. The van der Waals surface area contributed by atoms with Crippen LogP contribution < -0.4 is 5.32 Å². The highest BCUT2D eigenvalue weighted by Crippen LogP contribution is 2.29. The number of ether oxygens (including phenoxy) is 1. The molecule has 0 unspecified atom stereocenters. The van der Waals surface area contributed by atoms with Gasteiger partial charge in [0, 0.05) is 41.5 Å². The molecule has 1 amide bonds. The van der Waals surface area contributed by atoms with Crippen molar-refractivity contribution in [2.24, 2.45) is 0 Å². The van der Waals surface area contributed by atoms with Gasteiger partial charge in [-0.05, 0) is 29.7 Å². The van der Waals surface area contributed by atoms with E-state index in [1.165, 1.54) is 19.2 Å². The van der Waals surface area contributed by atoms with Gasteiger partial charge in [-0.25, -0.2) is 13.2 Å². The SMILES string of the molecule is COC(=O)[C@H](Cc1c[nH]c2ccccc12)NC(=O)[C@H](Cc1ccccc1)N(CCBr)S(=O)(=O)c1ccccc1[N+](=O)[O-]. The van der Waals surface area contributed by atoms with E-state index in [2.05, 4.69) is 26.2 Å². The van der Waals surface area contributed by atoms with Crippen molar-refractivity contribution in [2.75, 3.05) is 19.0 Å². The molecule has 4 aromatic rings. The summed E-state index contributed by atoms with van der Waals surface area (Å²) in [5, 5.41) is 15.4. The maximum absolute atomic E-state index is 14.0. The number of esters is 1. The van der Waals surface area contributed by atoms with Crippen LogP contribution in [0.2, 0.25) is 0 Å². The number of aromatic amines is 1. The molecule has 1 heterocycles. The zero-order valence-corrected chi connectivity index (χ0v) is 25.0. The fourth-order valence-electron chi connectivity index (χ4n) is 4.77. The number of aromatic nitrogens is 1. The molecule has 11 nitrogen and oxygen atoms in total. The standard InChI is InChI=1S/C29H29BrN4O7S/c1-41-29(36)24(18-21-19-31-23-12-6-5-11-22(21)23)32-28(35)26(17-20-9-3-2-4-10-20)33(16-15-30)42(39,40)27-14-8-7-13-25(27)34(37)38/h2-14,19,24,26,31H,15-18H2,1H3,(H,32,35)/t24-,26-/m0/s1. The average molecular weight is 658 g/mol. The van der Waals surface area contributed by atoms with Gasteiger partial charge >= 0.3 is 5.97 Å². The number of rotatable bonds is 13. The van der Waals surface area contributed by atoms with E-state index in [-0.39, 0.29) is 24.7 Å². The molecule has 42 heavy (non-hydrogen) atoms. The summed E-state index contributed by atoms with van der Waals surface area (Å²) in [6, 6.07) is 18.8. The number of para-hydroxylation sites is 2. The van der Waals surface area contributed by atoms with Gasteiger partial charge in [-0.3, -0.25) is 14.9 Å². The van der Waals surface area contributed by atoms with E-state index in [0.29, 0.717) is 5.56 Å². The van der Waals surface area contributed by atoms with Crippen molar-refractivity contribution in [3.63, 3.8) is 0 Å². The number of H-pyrrole nitrogens is 1. The molecule has 0 spiro atoms. The van der Waals surface area contributed by atoms with Gasteiger partial charge in [-0.2, -0.15) is 4.31 Å². The lowest BCUT2D eigenvalue weighted by Gasteiger charge is -2.31. The number of nitrogens with one attached hydrogen (secondary N) is 2. The van der Waals surface area contributed by atoms with Gasteiger partial charge < -0.3 is 15.0 Å². The number of fused-ring (bicyclic) bond motifs is 1. The molecule has 0 bridgehead atoms. The number of carbonyl (C=O) groups excluding carboxylic acids is 2. The third kappa shape index (κ3) is 6.86. The monoisotopic (exact) mass is 656 g/mol. The summed E-state index contributed by atoms with van der Waals surface area (Å²) in [5.74, 6) is -1.46. The van der Waals surface area contributed by atoms with E-state index < -0.39 is 49.5 Å². The number of alkyl halides is 1. The van der Waals surface area contributed by atoms with Crippen LogP contribution >= 0.6 is 15.9 Å². The van der Waals surface area contributed by atoms with Gasteiger partial charge in [0.25, 0.3) is 15.7 Å². The summed E-state index contributed by atoms with van der Waals surface area (Å²) in [6.07, 6.45) is 1.76. The number of benzene rings is 3. The van der Waals surface area contributed by atoms with E-state index in [4.69, 9.17) is 4.74 Å². The number of methoxy groups -OCH3 is 1. The second kappa shape index (κ2) is 13.7. The van der Waals surface area contributed by atoms with Crippen molar-refractivity contribution in [3.05, 3.63) is 106 Å². The normalized spacial score (nSPS) is 13.0. The molecule has 0 fully saturated rings. The summed E-state index contributed by atoms with van der Waals surface area (Å²) in [5.41, 5.74) is 1.65. The van der Waals surface area contributed by atoms with E-state index in [1.807, 2.05) is 24.3 Å². The topological polar surface area (TPSA) is 152 Å². The van der Waals surface area contributed by atoms with Crippen LogP contribution in [0.4, 0.5) is 5.69 Å². The molecular weight excluding hydrogens is 628 g/mol. The summed E-state index contributed by atoms with van der Waals surface area (Å²) in [4.78, 5) is 40.4. The lowest BCUT2D eigenvalue weighted by atomic mass is 10.0. The average Bonchev–Trinajstić information content (AvgIpc) is 3.41. The lowest BCUT2D eigenvalue weighted by molar-refractivity contribution is -0.387. The third-order valence-corrected chi connectivity index (χ3v) is 9.09. The smallest absolute Gasteiger partial charge is 0.328 e. The second-order valence-corrected chi connectivity index (χ2v) is 12.0. The minimum atomic E-state index is -4.56. The van der Waals surface area contributed by atoms with Gasteiger partial charge in [-0.1, -0.05) is 76.6 Å². The molecule has 0 aliphatic heterocycles. The largest absolute Gasteiger partial charge is 0.467 e. The maximum Gasteiger partial charge on any atom is 0.328 e. The molecule has 0 saturated heterocycles. The number of carbonyl (C=O) groups is 2. The minimum Gasteiger partial charge on any atom is -0.467 e. The van der Waals surface area contributed by atoms with Gasteiger partial charge in [0.2, 0.25) is 5.91 Å². The number of hydrogen-bond acceptors (Lipinski definition) is 7. The number of hydrogen-bond donors (Lipinski definition) is 2. The van der Waals surface area contributed by atoms with E-state index >= 15 is 0 Å². The molecule has 0 aliphatic rings. The Hall–Kier alpha value is -4.07. The number of halogens is 1. The van der Waals surface area contributed by atoms with Crippen LogP contribution in [0.5, 0.6) is 0 Å². The van der Waals surface area contributed by atoms with Gasteiger partial charge in [-0.15, -0.1) is 0 Å². The Morgan fingerprint density at radius 1 is 1.02 bits per heavy atom. The van der Waals surface area contributed by atoms with Gasteiger partial charge in [0.05, 0.1) is 12.0 Å². The number of nitro groups is 1. The Labute approximate surface area is 251 Å². The predicted octanol–water partition coefficient (Wildman–Crippen LogP) is 3.97. The number of nitro benzene ring substituents is 1. The van der Waals surface area contributed by atoms with Crippen molar-refractivity contribution in [2.45, 2.75) is 29.8 Å². The van der Waals surface area contributed by atoms with Crippen LogP contribution in [0.15, 0.2) is 90.0 Å². The Morgan fingerprint density at radius 3 is 2.38 bits per heavy atom. The Kier molecular flexibility index (Phi) is 10.1. The van der Waals surface area contributed by atoms with E-state index in [0.717, 1.165) is 32.9 Å². The quantitative estimate of drug-likeness (QED) is 0.0956. The van der Waals surface area contributed by atoms with Crippen molar-refractivity contribution < 1.29 is 27.7 Å². The van der Waals surface area contributed by atoms with E-state index in [1.54, 1.807) is 36.5 Å². The molecule has 0 radical (unpaired) electrons. The number of sulfonamides is 1. The fraction of sp³-hybridized carbons (Fsp3) is 0.241. The molecule has 2 N–H and O–H groups in total. The molecule has 3 aromatic carbocycles. The minimum absolute atomic E-state index is 0.0550. The van der Waals surface area contributed by atoms with Gasteiger partial charge in [0.1, 0.15) is 12.1 Å². The first kappa shape index (κ1) is 30.9. The summed E-state index contributed by atoms with van der Waals surface area (Å²) in [6.45, 7) is -0.176. The summed E-state index contributed by atoms with van der Waals surface area (Å²) < 4.78 is 33.9. The molecule has 4 rings (SSSR count). The molecule has 0 saturated carbocycles. The van der Waals surface area contributed by atoms with Crippen LogP contribution in [-0.4, -0.2) is 65.6 Å².